The third-order valence-electron chi connectivity index (χ3n) is 1.76. The van der Waals surface area contributed by atoms with E-state index in [9.17, 15) is 18.5 Å². The van der Waals surface area contributed by atoms with Gasteiger partial charge >= 0.3 is 0 Å². The van der Waals surface area contributed by atoms with Crippen molar-refractivity contribution in [1.29, 1.82) is 0 Å². The molecule has 0 radical (unpaired) electrons. The van der Waals surface area contributed by atoms with E-state index in [0.717, 1.165) is 5.56 Å². The molecule has 0 heterocycles. The van der Waals surface area contributed by atoms with Gasteiger partial charge in [-0.15, -0.1) is 0 Å². The number of hydrogen-bond acceptors (Lipinski definition) is 4. The molecule has 6 nitrogen and oxygen atoms in total. The highest BCUT2D eigenvalue weighted by Crippen LogP contribution is 2.26. The first kappa shape index (κ1) is 12.9. The molecule has 0 unspecified atom stereocenters. The first-order valence-electron chi connectivity index (χ1n) is 4.17. The van der Waals surface area contributed by atoms with E-state index in [4.69, 9.17) is 0 Å². The molecule has 88 valence electrons. The summed E-state index contributed by atoms with van der Waals surface area (Å²) in [7, 11) is -3.58. The lowest BCUT2D eigenvalue weighted by Gasteiger charge is -2.06. The van der Waals surface area contributed by atoms with Gasteiger partial charge in [0.25, 0.3) is 5.69 Å². The second-order valence-electron chi connectivity index (χ2n) is 3.10. The van der Waals surface area contributed by atoms with Gasteiger partial charge in [-0.3, -0.25) is 14.8 Å². The van der Waals surface area contributed by atoms with Crippen molar-refractivity contribution in [1.82, 2.24) is 0 Å². The van der Waals surface area contributed by atoms with Crippen LogP contribution in [0.15, 0.2) is 18.2 Å². The van der Waals surface area contributed by atoms with Crippen LogP contribution in [0.2, 0.25) is 0 Å². The molecule has 0 aromatic heterocycles. The van der Waals surface area contributed by atoms with Crippen molar-refractivity contribution >= 4 is 37.3 Å². The summed E-state index contributed by atoms with van der Waals surface area (Å²) in [5.74, 6) is 0. The predicted molar refractivity (Wildman–Crippen MR) is 64.2 cm³/mol. The maximum absolute atomic E-state index is 11.3. The van der Waals surface area contributed by atoms with Gasteiger partial charge in [0.05, 0.1) is 4.92 Å². The second kappa shape index (κ2) is 4.79. The second-order valence-corrected chi connectivity index (χ2v) is 6.13. The normalized spacial score (nSPS) is 11.1. The Balaban J connectivity index is 3.21. The van der Waals surface area contributed by atoms with Crippen LogP contribution in [0.5, 0.6) is 0 Å². The zero-order valence-corrected chi connectivity index (χ0v) is 10.7. The molecule has 8 heteroatoms. The van der Waals surface area contributed by atoms with Crippen LogP contribution >= 0.6 is 15.9 Å². The van der Waals surface area contributed by atoms with E-state index in [-0.39, 0.29) is 16.0 Å². The van der Waals surface area contributed by atoms with Crippen LogP contribution < -0.4 is 4.72 Å². The molecule has 0 saturated carbocycles. The van der Waals surface area contributed by atoms with Gasteiger partial charge in [0, 0.05) is 6.07 Å². The Morgan fingerprint density at radius 2 is 2.12 bits per heavy atom. The number of nitro groups is 1. The van der Waals surface area contributed by atoms with E-state index in [0.29, 0.717) is 0 Å². The summed E-state index contributed by atoms with van der Waals surface area (Å²) in [6, 6.07) is 4.23. The molecule has 1 N–H and O–H groups in total. The fourth-order valence-corrected chi connectivity index (χ4v) is 1.98. The third-order valence-corrected chi connectivity index (χ3v) is 4.38. The van der Waals surface area contributed by atoms with Crippen molar-refractivity contribution in [2.75, 3.05) is 9.38 Å². The SMILES string of the molecule is Cc1ccc([N+](=O)[O-])c(NS(=O)(=O)CBr)c1. The van der Waals surface area contributed by atoms with Crippen molar-refractivity contribution in [3.63, 3.8) is 0 Å². The summed E-state index contributed by atoms with van der Waals surface area (Å²) in [5, 5.41) is 10.7. The molecule has 0 aliphatic heterocycles. The molecule has 0 spiro atoms. The van der Waals surface area contributed by atoms with Gasteiger partial charge in [0.1, 0.15) is 10.3 Å². The fraction of sp³-hybridized carbons (Fsp3) is 0.250. The van der Waals surface area contributed by atoms with Gasteiger partial charge < -0.3 is 0 Å². The predicted octanol–water partition coefficient (Wildman–Crippen LogP) is 2.00. The minimum Gasteiger partial charge on any atom is -0.276 e. The van der Waals surface area contributed by atoms with Crippen molar-refractivity contribution in [2.24, 2.45) is 0 Å². The van der Waals surface area contributed by atoms with E-state index in [1.54, 1.807) is 13.0 Å². The number of alkyl halides is 1. The van der Waals surface area contributed by atoms with Crippen LogP contribution in [0.3, 0.4) is 0 Å². The van der Waals surface area contributed by atoms with Gasteiger partial charge in [0.2, 0.25) is 10.0 Å². The average Bonchev–Trinajstić information content (AvgIpc) is 2.16. The van der Waals surface area contributed by atoms with Crippen molar-refractivity contribution < 1.29 is 13.3 Å². The number of anilines is 1. The Morgan fingerprint density at radius 3 is 2.62 bits per heavy atom. The number of sulfonamides is 1. The maximum Gasteiger partial charge on any atom is 0.293 e. The van der Waals surface area contributed by atoms with Crippen LogP contribution in [0.25, 0.3) is 0 Å². The lowest BCUT2D eigenvalue weighted by atomic mass is 10.2. The number of halogens is 1. The molecular weight excluding hydrogens is 300 g/mol. The molecule has 0 saturated heterocycles. The standard InChI is InChI=1S/C8H9BrN2O4S/c1-6-2-3-8(11(12)13)7(4-6)10-16(14,15)5-9/h2-4,10H,5H2,1H3. The summed E-state index contributed by atoms with van der Waals surface area (Å²) >= 11 is 2.79. The van der Waals surface area contributed by atoms with E-state index < -0.39 is 14.9 Å². The Hall–Kier alpha value is -1.15. The summed E-state index contributed by atoms with van der Waals surface area (Å²) in [4.78, 5) is 10.0. The third kappa shape index (κ3) is 3.17. The number of nitrogens with zero attached hydrogens (tertiary/aromatic N) is 1. The number of nitro benzene ring substituents is 1. The van der Waals surface area contributed by atoms with Crippen molar-refractivity contribution in [2.45, 2.75) is 6.92 Å². The molecule has 0 aliphatic carbocycles. The molecule has 1 rings (SSSR count). The lowest BCUT2D eigenvalue weighted by molar-refractivity contribution is -0.383. The van der Waals surface area contributed by atoms with Gasteiger partial charge in [-0.1, -0.05) is 22.0 Å². The average molecular weight is 309 g/mol. The Bertz CT molecular complexity index is 515. The minimum absolute atomic E-state index is 0.0237. The zero-order chi connectivity index (χ0) is 12.3. The highest BCUT2D eigenvalue weighted by atomic mass is 79.9. The molecule has 0 atom stereocenters. The van der Waals surface area contributed by atoms with Crippen molar-refractivity contribution in [3.05, 3.63) is 33.9 Å². The van der Waals surface area contributed by atoms with Crippen LogP contribution in [0, 0.1) is 17.0 Å². The van der Waals surface area contributed by atoms with Gasteiger partial charge in [-0.05, 0) is 18.6 Å². The van der Waals surface area contributed by atoms with E-state index >= 15 is 0 Å². The lowest BCUT2D eigenvalue weighted by Crippen LogP contribution is -2.14. The van der Waals surface area contributed by atoms with Crippen LogP contribution in [0.1, 0.15) is 5.56 Å². The summed E-state index contributed by atoms with van der Waals surface area (Å²) in [5.41, 5.74) is 0.442. The number of aryl methyl sites for hydroxylation is 1. The monoisotopic (exact) mass is 308 g/mol. The minimum atomic E-state index is -3.58. The Labute approximate surface area is 101 Å². The molecule has 16 heavy (non-hydrogen) atoms. The molecule has 1 aromatic rings. The topological polar surface area (TPSA) is 89.3 Å². The number of nitrogens with one attached hydrogen (secondary N) is 1. The smallest absolute Gasteiger partial charge is 0.276 e. The molecule has 0 fully saturated rings. The summed E-state index contributed by atoms with van der Waals surface area (Å²) in [6.45, 7) is 1.72. The number of rotatable bonds is 4. The van der Waals surface area contributed by atoms with Crippen molar-refractivity contribution in [3.8, 4) is 0 Å². The Kier molecular flexibility index (Phi) is 3.87. The molecule has 0 aliphatic rings. The fourth-order valence-electron chi connectivity index (χ4n) is 1.09. The maximum atomic E-state index is 11.3. The largest absolute Gasteiger partial charge is 0.293 e. The molecule has 0 bridgehead atoms. The van der Waals surface area contributed by atoms with Crippen LogP contribution in [-0.2, 0) is 10.0 Å². The van der Waals surface area contributed by atoms with E-state index in [1.165, 1.54) is 12.1 Å². The summed E-state index contributed by atoms with van der Waals surface area (Å²) < 4.78 is 24.4. The quantitative estimate of drug-likeness (QED) is 0.523. The zero-order valence-electron chi connectivity index (χ0n) is 8.31. The van der Waals surface area contributed by atoms with Gasteiger partial charge in [-0.25, -0.2) is 8.42 Å². The first-order valence-corrected chi connectivity index (χ1v) is 6.94. The first-order chi connectivity index (χ1) is 7.35. The van der Waals surface area contributed by atoms with Gasteiger partial charge in [0.15, 0.2) is 0 Å². The number of benzene rings is 1. The van der Waals surface area contributed by atoms with E-state index in [1.807, 2.05) is 0 Å². The molecule has 0 amide bonds. The van der Waals surface area contributed by atoms with Gasteiger partial charge in [-0.2, -0.15) is 0 Å². The molecule has 1 aromatic carbocycles. The highest BCUT2D eigenvalue weighted by Gasteiger charge is 2.18. The molecular formula is C8H9BrN2O4S. The highest BCUT2D eigenvalue weighted by molar-refractivity contribution is 9.10. The Morgan fingerprint density at radius 1 is 1.50 bits per heavy atom. The van der Waals surface area contributed by atoms with Crippen LogP contribution in [-0.4, -0.2) is 18.0 Å². The number of hydrogen-bond donors (Lipinski definition) is 1. The van der Waals surface area contributed by atoms with E-state index in [2.05, 4.69) is 20.7 Å². The summed E-state index contributed by atoms with van der Waals surface area (Å²) in [6.07, 6.45) is 0. The van der Waals surface area contributed by atoms with Crippen LogP contribution in [0.4, 0.5) is 11.4 Å².